The van der Waals surface area contributed by atoms with Crippen molar-refractivity contribution in [3.05, 3.63) is 24.0 Å². The molecule has 3 rings (SSSR count). The number of nitrogens with zero attached hydrogens (tertiary/aromatic N) is 1. The fraction of sp³-hybridized carbons (Fsp3) is 0.600. The van der Waals surface area contributed by atoms with Gasteiger partial charge in [-0.15, -0.1) is 0 Å². The van der Waals surface area contributed by atoms with E-state index in [1.54, 1.807) is 12.3 Å². The SMILES string of the molecule is O=C(NC1CCS(=O)(=O)C1)c1cncc(NCC2CCCO2)c1. The van der Waals surface area contributed by atoms with Crippen molar-refractivity contribution in [3.8, 4) is 0 Å². The van der Waals surface area contributed by atoms with Crippen LogP contribution in [0.5, 0.6) is 0 Å². The minimum atomic E-state index is -3.01. The lowest BCUT2D eigenvalue weighted by Gasteiger charge is -2.13. The van der Waals surface area contributed by atoms with Gasteiger partial charge >= 0.3 is 0 Å². The van der Waals surface area contributed by atoms with Crippen molar-refractivity contribution in [2.24, 2.45) is 0 Å². The Hall–Kier alpha value is -1.67. The molecule has 3 heterocycles. The molecule has 2 saturated heterocycles. The molecule has 2 N–H and O–H groups in total. The Morgan fingerprint density at radius 3 is 2.91 bits per heavy atom. The molecule has 2 unspecified atom stereocenters. The first kappa shape index (κ1) is 16.2. The summed E-state index contributed by atoms with van der Waals surface area (Å²) in [6.07, 6.45) is 5.94. The van der Waals surface area contributed by atoms with Gasteiger partial charge in [-0.25, -0.2) is 8.42 Å². The minimum absolute atomic E-state index is 0.0170. The average Bonchev–Trinajstić information content (AvgIpc) is 3.15. The zero-order valence-corrected chi connectivity index (χ0v) is 13.6. The largest absolute Gasteiger partial charge is 0.381 e. The van der Waals surface area contributed by atoms with Gasteiger partial charge in [-0.2, -0.15) is 0 Å². The van der Waals surface area contributed by atoms with Crippen LogP contribution in [0.15, 0.2) is 18.5 Å². The van der Waals surface area contributed by atoms with E-state index in [0.29, 0.717) is 18.5 Å². The number of carbonyl (C=O) groups excluding carboxylic acids is 1. The number of sulfone groups is 1. The van der Waals surface area contributed by atoms with Crippen molar-refractivity contribution < 1.29 is 17.9 Å². The normalized spacial score (nSPS) is 26.1. The van der Waals surface area contributed by atoms with Crippen molar-refractivity contribution in [1.82, 2.24) is 10.3 Å². The third-order valence-electron chi connectivity index (χ3n) is 4.13. The van der Waals surface area contributed by atoms with Crippen LogP contribution < -0.4 is 10.6 Å². The molecule has 2 atom stereocenters. The number of aromatic nitrogens is 1. The highest BCUT2D eigenvalue weighted by Crippen LogP contribution is 2.15. The Bertz CT molecular complexity index is 671. The number of nitrogens with one attached hydrogen (secondary N) is 2. The lowest BCUT2D eigenvalue weighted by Crippen LogP contribution is -2.35. The molecule has 2 fully saturated rings. The lowest BCUT2D eigenvalue weighted by molar-refractivity contribution is 0.0941. The maximum absolute atomic E-state index is 12.2. The molecule has 0 saturated carbocycles. The smallest absolute Gasteiger partial charge is 0.253 e. The number of ether oxygens (including phenoxy) is 1. The number of hydrogen-bond acceptors (Lipinski definition) is 6. The third-order valence-corrected chi connectivity index (χ3v) is 5.89. The number of amides is 1. The van der Waals surface area contributed by atoms with Crippen LogP contribution in [-0.2, 0) is 14.6 Å². The van der Waals surface area contributed by atoms with Crippen LogP contribution in [-0.4, -0.2) is 56.1 Å². The highest BCUT2D eigenvalue weighted by Gasteiger charge is 2.29. The molecule has 0 bridgehead atoms. The summed E-state index contributed by atoms with van der Waals surface area (Å²) in [6.45, 7) is 1.49. The maximum Gasteiger partial charge on any atom is 0.253 e. The Morgan fingerprint density at radius 2 is 2.22 bits per heavy atom. The highest BCUT2D eigenvalue weighted by atomic mass is 32.2. The second-order valence-corrected chi connectivity index (χ2v) is 8.28. The lowest BCUT2D eigenvalue weighted by atomic mass is 10.2. The molecular formula is C15H21N3O4S. The quantitative estimate of drug-likeness (QED) is 0.815. The van der Waals surface area contributed by atoms with E-state index in [0.717, 1.165) is 25.1 Å². The van der Waals surface area contributed by atoms with Gasteiger partial charge in [-0.05, 0) is 25.3 Å². The van der Waals surface area contributed by atoms with E-state index in [1.165, 1.54) is 6.20 Å². The molecule has 7 nitrogen and oxygen atoms in total. The summed E-state index contributed by atoms with van der Waals surface area (Å²) in [4.78, 5) is 16.3. The molecule has 0 aliphatic carbocycles. The standard InChI is InChI=1S/C15H21N3O4S/c19-15(18-12-3-5-23(20,21)10-12)11-6-13(8-16-7-11)17-9-14-2-1-4-22-14/h6-8,12,14,17H,1-5,9-10H2,(H,18,19). The van der Waals surface area contributed by atoms with Gasteiger partial charge in [-0.1, -0.05) is 0 Å². The van der Waals surface area contributed by atoms with Gasteiger partial charge in [0.25, 0.3) is 5.91 Å². The van der Waals surface area contributed by atoms with Gasteiger partial charge in [0.05, 0.1) is 28.9 Å². The van der Waals surface area contributed by atoms with Crippen molar-refractivity contribution in [3.63, 3.8) is 0 Å². The molecule has 2 aliphatic rings. The Labute approximate surface area is 135 Å². The van der Waals surface area contributed by atoms with E-state index in [2.05, 4.69) is 15.6 Å². The number of anilines is 1. The zero-order valence-electron chi connectivity index (χ0n) is 12.8. The first-order valence-corrected chi connectivity index (χ1v) is 9.66. The monoisotopic (exact) mass is 339 g/mol. The molecule has 2 aliphatic heterocycles. The van der Waals surface area contributed by atoms with E-state index < -0.39 is 9.84 Å². The number of rotatable bonds is 5. The van der Waals surface area contributed by atoms with Crippen LogP contribution in [0.1, 0.15) is 29.6 Å². The highest BCUT2D eigenvalue weighted by molar-refractivity contribution is 7.91. The molecule has 23 heavy (non-hydrogen) atoms. The van der Waals surface area contributed by atoms with Crippen LogP contribution in [0.25, 0.3) is 0 Å². The van der Waals surface area contributed by atoms with Crippen LogP contribution in [0.4, 0.5) is 5.69 Å². The van der Waals surface area contributed by atoms with E-state index in [-0.39, 0.29) is 29.6 Å². The summed E-state index contributed by atoms with van der Waals surface area (Å²) in [7, 11) is -3.01. The molecule has 1 amide bonds. The maximum atomic E-state index is 12.2. The Kier molecular flexibility index (Phi) is 4.82. The molecule has 126 valence electrons. The van der Waals surface area contributed by atoms with Crippen molar-refractivity contribution in [2.45, 2.75) is 31.4 Å². The molecule has 1 aromatic rings. The molecule has 0 radical (unpaired) electrons. The number of hydrogen-bond donors (Lipinski definition) is 2. The fourth-order valence-corrected chi connectivity index (χ4v) is 4.55. The van der Waals surface area contributed by atoms with Gasteiger partial charge in [0.1, 0.15) is 0 Å². The average molecular weight is 339 g/mol. The third kappa shape index (κ3) is 4.42. The summed E-state index contributed by atoms with van der Waals surface area (Å²) >= 11 is 0. The Morgan fingerprint density at radius 1 is 1.35 bits per heavy atom. The predicted octanol–water partition coefficient (Wildman–Crippen LogP) is 0.589. The van der Waals surface area contributed by atoms with Gasteiger partial charge in [0.15, 0.2) is 9.84 Å². The van der Waals surface area contributed by atoms with Crippen LogP contribution >= 0.6 is 0 Å². The summed E-state index contributed by atoms with van der Waals surface area (Å²) in [6, 6.07) is 1.41. The van der Waals surface area contributed by atoms with Crippen molar-refractivity contribution in [2.75, 3.05) is 30.0 Å². The fourth-order valence-electron chi connectivity index (χ4n) is 2.88. The van der Waals surface area contributed by atoms with Crippen LogP contribution in [0, 0.1) is 0 Å². The second-order valence-electron chi connectivity index (χ2n) is 6.05. The van der Waals surface area contributed by atoms with Gasteiger partial charge in [0, 0.05) is 31.6 Å². The number of carbonyl (C=O) groups is 1. The van der Waals surface area contributed by atoms with E-state index >= 15 is 0 Å². The predicted molar refractivity (Wildman–Crippen MR) is 86.2 cm³/mol. The molecule has 1 aromatic heterocycles. The summed E-state index contributed by atoms with van der Waals surface area (Å²) in [5.41, 5.74) is 1.18. The molecule has 8 heteroatoms. The number of pyridine rings is 1. The molecular weight excluding hydrogens is 318 g/mol. The van der Waals surface area contributed by atoms with Crippen molar-refractivity contribution >= 4 is 21.4 Å². The van der Waals surface area contributed by atoms with Gasteiger partial charge in [-0.3, -0.25) is 9.78 Å². The van der Waals surface area contributed by atoms with Gasteiger partial charge < -0.3 is 15.4 Å². The first-order valence-electron chi connectivity index (χ1n) is 7.84. The molecule has 0 aromatic carbocycles. The topological polar surface area (TPSA) is 97.4 Å². The second kappa shape index (κ2) is 6.84. The minimum Gasteiger partial charge on any atom is -0.381 e. The first-order chi connectivity index (χ1) is 11.0. The van der Waals surface area contributed by atoms with Crippen molar-refractivity contribution in [1.29, 1.82) is 0 Å². The summed E-state index contributed by atoms with van der Waals surface area (Å²) in [5, 5.41) is 5.99. The summed E-state index contributed by atoms with van der Waals surface area (Å²) < 4.78 is 28.4. The van der Waals surface area contributed by atoms with Crippen LogP contribution in [0.2, 0.25) is 0 Å². The summed E-state index contributed by atoms with van der Waals surface area (Å²) in [5.74, 6) is -0.136. The van der Waals surface area contributed by atoms with E-state index in [9.17, 15) is 13.2 Å². The Balaban J connectivity index is 1.56. The zero-order chi connectivity index (χ0) is 16.3. The molecule has 0 spiro atoms. The van der Waals surface area contributed by atoms with Crippen LogP contribution in [0.3, 0.4) is 0 Å². The van der Waals surface area contributed by atoms with Gasteiger partial charge in [0.2, 0.25) is 0 Å². The van der Waals surface area contributed by atoms with E-state index in [1.807, 2.05) is 0 Å². The van der Waals surface area contributed by atoms with E-state index in [4.69, 9.17) is 4.74 Å².